The van der Waals surface area contributed by atoms with Gasteiger partial charge < -0.3 is 9.47 Å². The molecule has 3 rings (SSSR count). The second-order valence-corrected chi connectivity index (χ2v) is 5.53. The number of hydrogen-bond donors (Lipinski definition) is 1. The zero-order chi connectivity index (χ0) is 13.3. The number of hydroxylamine groups is 1. The SMILES string of the molecule is CC1(C)C=C(c2ccc(COCC3CO3)cc2)NO1. The molecule has 19 heavy (non-hydrogen) atoms. The van der Waals surface area contributed by atoms with E-state index in [2.05, 4.69) is 35.8 Å². The summed E-state index contributed by atoms with van der Waals surface area (Å²) in [7, 11) is 0. The molecule has 1 aromatic rings. The van der Waals surface area contributed by atoms with E-state index >= 15 is 0 Å². The third-order valence-electron chi connectivity index (χ3n) is 3.16. The first-order valence-corrected chi connectivity index (χ1v) is 6.58. The Morgan fingerprint density at radius 2 is 2.05 bits per heavy atom. The van der Waals surface area contributed by atoms with Crippen LogP contribution >= 0.6 is 0 Å². The first-order valence-electron chi connectivity index (χ1n) is 6.58. The minimum atomic E-state index is -0.249. The summed E-state index contributed by atoms with van der Waals surface area (Å²) in [5.74, 6) is 0. The highest BCUT2D eigenvalue weighted by atomic mass is 16.7. The molecule has 4 heteroatoms. The van der Waals surface area contributed by atoms with Crippen LogP contribution in [0.4, 0.5) is 0 Å². The number of epoxide rings is 1. The van der Waals surface area contributed by atoms with Gasteiger partial charge >= 0.3 is 0 Å². The van der Waals surface area contributed by atoms with E-state index < -0.39 is 0 Å². The number of ether oxygens (including phenoxy) is 2. The van der Waals surface area contributed by atoms with Gasteiger partial charge in [0.2, 0.25) is 0 Å². The van der Waals surface area contributed by atoms with Gasteiger partial charge in [-0.3, -0.25) is 10.3 Å². The molecular weight excluding hydrogens is 242 g/mol. The van der Waals surface area contributed by atoms with E-state index in [0.29, 0.717) is 19.3 Å². The number of rotatable bonds is 5. The van der Waals surface area contributed by atoms with E-state index in [-0.39, 0.29) is 5.60 Å². The molecule has 0 aliphatic carbocycles. The third kappa shape index (κ3) is 3.35. The fraction of sp³-hybridized carbons (Fsp3) is 0.467. The summed E-state index contributed by atoms with van der Waals surface area (Å²) >= 11 is 0. The second-order valence-electron chi connectivity index (χ2n) is 5.53. The average molecular weight is 261 g/mol. The van der Waals surface area contributed by atoms with Crippen LogP contribution < -0.4 is 5.48 Å². The van der Waals surface area contributed by atoms with Gasteiger partial charge in [0, 0.05) is 0 Å². The average Bonchev–Trinajstić information content (AvgIpc) is 3.13. The minimum absolute atomic E-state index is 0.249. The molecule has 1 fully saturated rings. The van der Waals surface area contributed by atoms with Crippen LogP contribution in [0.25, 0.3) is 5.70 Å². The Morgan fingerprint density at radius 1 is 1.32 bits per heavy atom. The Labute approximate surface area is 113 Å². The molecule has 1 saturated heterocycles. The molecule has 1 unspecified atom stereocenters. The fourth-order valence-electron chi connectivity index (χ4n) is 1.99. The molecule has 0 aromatic heterocycles. The van der Waals surface area contributed by atoms with Crippen molar-refractivity contribution in [2.24, 2.45) is 0 Å². The summed E-state index contributed by atoms with van der Waals surface area (Å²) in [6, 6.07) is 8.32. The molecular formula is C15H19NO3. The highest BCUT2D eigenvalue weighted by Crippen LogP contribution is 2.25. The van der Waals surface area contributed by atoms with Gasteiger partial charge in [0.15, 0.2) is 0 Å². The minimum Gasteiger partial charge on any atom is -0.374 e. The summed E-state index contributed by atoms with van der Waals surface area (Å²) < 4.78 is 10.7. The van der Waals surface area contributed by atoms with E-state index in [0.717, 1.165) is 17.9 Å². The van der Waals surface area contributed by atoms with E-state index in [1.807, 2.05) is 13.8 Å². The van der Waals surface area contributed by atoms with Crippen molar-refractivity contribution in [3.63, 3.8) is 0 Å². The van der Waals surface area contributed by atoms with Crippen LogP contribution in [0.5, 0.6) is 0 Å². The highest BCUT2D eigenvalue weighted by molar-refractivity contribution is 5.65. The first-order chi connectivity index (χ1) is 9.12. The van der Waals surface area contributed by atoms with Crippen molar-refractivity contribution >= 4 is 5.70 Å². The predicted molar refractivity (Wildman–Crippen MR) is 72.1 cm³/mol. The number of benzene rings is 1. The van der Waals surface area contributed by atoms with Crippen LogP contribution in [0.3, 0.4) is 0 Å². The van der Waals surface area contributed by atoms with Crippen molar-refractivity contribution in [1.82, 2.24) is 5.48 Å². The predicted octanol–water partition coefficient (Wildman–Crippen LogP) is 2.26. The lowest BCUT2D eigenvalue weighted by Crippen LogP contribution is -2.20. The first kappa shape index (κ1) is 12.7. The molecule has 0 radical (unpaired) electrons. The lowest BCUT2D eigenvalue weighted by atomic mass is 10.0. The molecule has 1 N–H and O–H groups in total. The van der Waals surface area contributed by atoms with E-state index in [1.54, 1.807) is 0 Å². The van der Waals surface area contributed by atoms with E-state index in [1.165, 1.54) is 5.56 Å². The number of nitrogens with one attached hydrogen (secondary N) is 1. The van der Waals surface area contributed by atoms with Crippen molar-refractivity contribution in [3.8, 4) is 0 Å². The van der Waals surface area contributed by atoms with Crippen molar-refractivity contribution in [1.29, 1.82) is 0 Å². The van der Waals surface area contributed by atoms with Crippen LogP contribution in [0.2, 0.25) is 0 Å². The number of hydrogen-bond acceptors (Lipinski definition) is 4. The van der Waals surface area contributed by atoms with Crippen molar-refractivity contribution in [2.45, 2.75) is 32.2 Å². The summed E-state index contributed by atoms with van der Waals surface area (Å²) in [6.07, 6.45) is 2.41. The Bertz CT molecular complexity index is 475. The standard InChI is InChI=1S/C15H19NO3/c1-15(2)7-14(16-19-15)12-5-3-11(4-6-12)8-17-9-13-10-18-13/h3-7,13,16H,8-10H2,1-2H3. The van der Waals surface area contributed by atoms with Crippen molar-refractivity contribution in [3.05, 3.63) is 41.5 Å². The van der Waals surface area contributed by atoms with Gasteiger partial charge in [-0.05, 0) is 31.1 Å². The van der Waals surface area contributed by atoms with Gasteiger partial charge in [-0.1, -0.05) is 24.3 Å². The maximum Gasteiger partial charge on any atom is 0.111 e. The lowest BCUT2D eigenvalue weighted by Gasteiger charge is -2.11. The van der Waals surface area contributed by atoms with Gasteiger partial charge in [-0.2, -0.15) is 0 Å². The molecule has 1 aromatic carbocycles. The normalized spacial score (nSPS) is 23.9. The van der Waals surface area contributed by atoms with Crippen molar-refractivity contribution in [2.75, 3.05) is 13.2 Å². The monoisotopic (exact) mass is 261 g/mol. The summed E-state index contributed by atoms with van der Waals surface area (Å²) in [6.45, 7) is 6.21. The van der Waals surface area contributed by atoms with Crippen LogP contribution in [-0.2, 0) is 20.9 Å². The van der Waals surface area contributed by atoms with E-state index in [4.69, 9.17) is 14.3 Å². The van der Waals surface area contributed by atoms with E-state index in [9.17, 15) is 0 Å². The van der Waals surface area contributed by atoms with Crippen molar-refractivity contribution < 1.29 is 14.3 Å². The molecule has 102 valence electrons. The largest absolute Gasteiger partial charge is 0.374 e. The summed E-state index contributed by atoms with van der Waals surface area (Å²) in [5, 5.41) is 0. The van der Waals surface area contributed by atoms with Gasteiger partial charge in [0.1, 0.15) is 11.7 Å². The Balaban J connectivity index is 1.59. The fourth-order valence-corrected chi connectivity index (χ4v) is 1.99. The van der Waals surface area contributed by atoms with Gasteiger partial charge in [-0.15, -0.1) is 0 Å². The topological polar surface area (TPSA) is 43.0 Å². The molecule has 0 amide bonds. The molecule has 0 spiro atoms. The zero-order valence-corrected chi connectivity index (χ0v) is 11.3. The Kier molecular flexibility index (Phi) is 3.31. The van der Waals surface area contributed by atoms with Gasteiger partial charge in [-0.25, -0.2) is 0 Å². The van der Waals surface area contributed by atoms with Gasteiger partial charge in [0.25, 0.3) is 0 Å². The van der Waals surface area contributed by atoms with Crippen LogP contribution in [0.15, 0.2) is 30.3 Å². The van der Waals surface area contributed by atoms with Gasteiger partial charge in [0.05, 0.1) is 25.5 Å². The lowest BCUT2D eigenvalue weighted by molar-refractivity contribution is -0.00839. The molecule has 2 aliphatic rings. The third-order valence-corrected chi connectivity index (χ3v) is 3.16. The highest BCUT2D eigenvalue weighted by Gasteiger charge is 2.24. The molecule has 2 aliphatic heterocycles. The molecule has 4 nitrogen and oxygen atoms in total. The molecule has 1 atom stereocenters. The molecule has 0 bridgehead atoms. The Morgan fingerprint density at radius 3 is 2.63 bits per heavy atom. The maximum absolute atomic E-state index is 5.56. The Hall–Kier alpha value is -1.36. The van der Waals surface area contributed by atoms with Crippen LogP contribution in [-0.4, -0.2) is 24.9 Å². The quantitative estimate of drug-likeness (QED) is 0.826. The molecule has 2 heterocycles. The second kappa shape index (κ2) is 4.96. The maximum atomic E-state index is 5.56. The van der Waals surface area contributed by atoms with Crippen LogP contribution in [0, 0.1) is 0 Å². The van der Waals surface area contributed by atoms with Crippen LogP contribution in [0.1, 0.15) is 25.0 Å². The zero-order valence-electron chi connectivity index (χ0n) is 11.3. The summed E-state index contributed by atoms with van der Waals surface area (Å²) in [5.41, 5.74) is 6.03. The smallest absolute Gasteiger partial charge is 0.111 e. The molecule has 0 saturated carbocycles. The summed E-state index contributed by atoms with van der Waals surface area (Å²) in [4.78, 5) is 5.45.